The van der Waals surface area contributed by atoms with Crippen molar-refractivity contribution in [3.05, 3.63) is 59.1 Å². The van der Waals surface area contributed by atoms with Crippen molar-refractivity contribution in [1.29, 1.82) is 0 Å². The average Bonchev–Trinajstić information content (AvgIpc) is 2.35. The molecule has 0 radical (unpaired) electrons. The zero-order chi connectivity index (χ0) is 12.3. The largest absolute Gasteiger partial charge is 0.398 e. The van der Waals surface area contributed by atoms with Gasteiger partial charge in [0.25, 0.3) is 0 Å². The van der Waals surface area contributed by atoms with Gasteiger partial charge in [0.1, 0.15) is 0 Å². The minimum absolute atomic E-state index is 0.332. The van der Waals surface area contributed by atoms with Crippen LogP contribution in [0.1, 0.15) is 17.7 Å². The van der Waals surface area contributed by atoms with Crippen molar-refractivity contribution in [3.63, 3.8) is 0 Å². The van der Waals surface area contributed by atoms with Gasteiger partial charge in [0, 0.05) is 15.8 Å². The summed E-state index contributed by atoms with van der Waals surface area (Å²) in [6, 6.07) is 16.0. The van der Waals surface area contributed by atoms with E-state index in [0.29, 0.717) is 5.25 Å². The molecule has 17 heavy (non-hydrogen) atoms. The molecule has 0 spiro atoms. The van der Waals surface area contributed by atoms with E-state index in [4.69, 9.17) is 17.3 Å². The Hall–Kier alpha value is -1.12. The van der Waals surface area contributed by atoms with E-state index in [1.807, 2.05) is 36.4 Å². The first-order valence-electron chi connectivity index (χ1n) is 5.44. The maximum Gasteiger partial charge on any atom is 0.0562 e. The lowest BCUT2D eigenvalue weighted by molar-refractivity contribution is 1.10. The number of halogens is 1. The van der Waals surface area contributed by atoms with Gasteiger partial charge in [-0.05, 0) is 24.6 Å². The van der Waals surface area contributed by atoms with Crippen LogP contribution < -0.4 is 5.73 Å². The van der Waals surface area contributed by atoms with Gasteiger partial charge < -0.3 is 5.73 Å². The zero-order valence-corrected chi connectivity index (χ0v) is 11.1. The fourth-order valence-electron chi connectivity index (χ4n) is 1.62. The third-order valence-electron chi connectivity index (χ3n) is 2.56. The Morgan fingerprint density at radius 2 is 1.76 bits per heavy atom. The molecule has 1 unspecified atom stereocenters. The molecule has 0 saturated heterocycles. The van der Waals surface area contributed by atoms with Crippen LogP contribution in [0.15, 0.2) is 53.4 Å². The second kappa shape index (κ2) is 5.48. The molecule has 0 aliphatic carbocycles. The Labute approximate surface area is 111 Å². The molecule has 0 saturated carbocycles. The maximum atomic E-state index is 6.16. The minimum Gasteiger partial charge on any atom is -0.398 e. The van der Waals surface area contributed by atoms with Gasteiger partial charge in [-0.2, -0.15) is 0 Å². The molecule has 0 amide bonds. The minimum atomic E-state index is 0.332. The number of hydrogen-bond acceptors (Lipinski definition) is 2. The molecule has 3 heteroatoms. The molecule has 2 aromatic carbocycles. The van der Waals surface area contributed by atoms with Crippen molar-refractivity contribution in [1.82, 2.24) is 0 Å². The molecule has 0 aliphatic rings. The Bertz CT molecular complexity index is 479. The number of hydrogen-bond donors (Lipinski definition) is 1. The summed E-state index contributed by atoms with van der Waals surface area (Å²) in [7, 11) is 0. The molecule has 2 rings (SSSR count). The summed E-state index contributed by atoms with van der Waals surface area (Å²) in [5.41, 5.74) is 7.96. The van der Waals surface area contributed by atoms with Crippen LogP contribution in [0.5, 0.6) is 0 Å². The monoisotopic (exact) mass is 263 g/mol. The lowest BCUT2D eigenvalue weighted by Gasteiger charge is -2.14. The Morgan fingerprint density at radius 1 is 1.06 bits per heavy atom. The van der Waals surface area contributed by atoms with Crippen molar-refractivity contribution in [2.75, 3.05) is 5.73 Å². The van der Waals surface area contributed by atoms with E-state index in [0.717, 1.165) is 15.6 Å². The van der Waals surface area contributed by atoms with E-state index in [-0.39, 0.29) is 0 Å². The van der Waals surface area contributed by atoms with Crippen LogP contribution in [0, 0.1) is 0 Å². The van der Waals surface area contributed by atoms with Crippen molar-refractivity contribution in [2.24, 2.45) is 0 Å². The molecule has 0 heterocycles. The molecule has 0 aromatic heterocycles. The van der Waals surface area contributed by atoms with Crippen molar-refractivity contribution in [2.45, 2.75) is 17.1 Å². The summed E-state index contributed by atoms with van der Waals surface area (Å²) < 4.78 is 0. The smallest absolute Gasteiger partial charge is 0.0562 e. The van der Waals surface area contributed by atoms with Gasteiger partial charge >= 0.3 is 0 Å². The predicted molar refractivity (Wildman–Crippen MR) is 76.6 cm³/mol. The fraction of sp³-hybridized carbons (Fsp3) is 0.143. The second-order valence-corrected chi connectivity index (χ2v) is 5.59. The van der Waals surface area contributed by atoms with Crippen LogP contribution in [0.3, 0.4) is 0 Å². The number of anilines is 1. The van der Waals surface area contributed by atoms with Crippen molar-refractivity contribution in [3.8, 4) is 0 Å². The Morgan fingerprint density at radius 3 is 2.41 bits per heavy atom. The van der Waals surface area contributed by atoms with E-state index in [9.17, 15) is 0 Å². The van der Waals surface area contributed by atoms with Gasteiger partial charge in [0.05, 0.1) is 5.02 Å². The first-order chi connectivity index (χ1) is 8.18. The molecular weight excluding hydrogens is 250 g/mol. The quantitative estimate of drug-likeness (QED) is 0.637. The normalized spacial score (nSPS) is 12.4. The highest BCUT2D eigenvalue weighted by molar-refractivity contribution is 7.99. The first-order valence-corrected chi connectivity index (χ1v) is 6.70. The maximum absolute atomic E-state index is 6.16. The SMILES string of the molecule is CC(Sc1c(N)cccc1Cl)c1ccccc1. The van der Waals surface area contributed by atoms with Crippen LogP contribution in [0.25, 0.3) is 0 Å². The third-order valence-corrected chi connectivity index (χ3v) is 4.31. The molecule has 2 N–H and O–H groups in total. The van der Waals surface area contributed by atoms with Crippen LogP contribution in [-0.2, 0) is 0 Å². The highest BCUT2D eigenvalue weighted by Gasteiger charge is 2.11. The number of benzene rings is 2. The Balaban J connectivity index is 2.22. The first kappa shape index (κ1) is 12.3. The molecule has 1 nitrogen and oxygen atoms in total. The summed E-state index contributed by atoms with van der Waals surface area (Å²) in [6.45, 7) is 2.16. The van der Waals surface area contributed by atoms with Crippen LogP contribution in [0.2, 0.25) is 5.02 Å². The number of nitrogens with two attached hydrogens (primary N) is 1. The molecule has 1 atom stereocenters. The summed E-state index contributed by atoms with van der Waals surface area (Å²) in [4.78, 5) is 0.963. The molecule has 0 fully saturated rings. The van der Waals surface area contributed by atoms with Crippen LogP contribution >= 0.6 is 23.4 Å². The summed E-state index contributed by atoms with van der Waals surface area (Å²) in [6.07, 6.45) is 0. The van der Waals surface area contributed by atoms with Crippen LogP contribution in [0.4, 0.5) is 5.69 Å². The number of rotatable bonds is 3. The summed E-state index contributed by atoms with van der Waals surface area (Å²) in [5.74, 6) is 0. The van der Waals surface area contributed by atoms with E-state index < -0.39 is 0 Å². The lowest BCUT2D eigenvalue weighted by atomic mass is 10.2. The van der Waals surface area contributed by atoms with Gasteiger partial charge in [0.15, 0.2) is 0 Å². The highest BCUT2D eigenvalue weighted by Crippen LogP contribution is 2.41. The van der Waals surface area contributed by atoms with E-state index in [2.05, 4.69) is 19.1 Å². The molecule has 0 aliphatic heterocycles. The van der Waals surface area contributed by atoms with Gasteiger partial charge in [-0.1, -0.05) is 48.0 Å². The van der Waals surface area contributed by atoms with E-state index in [1.165, 1.54) is 5.56 Å². The van der Waals surface area contributed by atoms with Gasteiger partial charge in [0.2, 0.25) is 0 Å². The zero-order valence-electron chi connectivity index (χ0n) is 9.56. The van der Waals surface area contributed by atoms with Gasteiger partial charge in [-0.15, -0.1) is 11.8 Å². The van der Waals surface area contributed by atoms with Gasteiger partial charge in [-0.25, -0.2) is 0 Å². The predicted octanol–water partition coefficient (Wildman–Crippen LogP) is 4.78. The van der Waals surface area contributed by atoms with Crippen LogP contribution in [-0.4, -0.2) is 0 Å². The topological polar surface area (TPSA) is 26.0 Å². The molecule has 88 valence electrons. The molecule has 0 bridgehead atoms. The molecular formula is C14H14ClNS. The Kier molecular flexibility index (Phi) is 3.97. The molecule has 2 aromatic rings. The third kappa shape index (κ3) is 2.96. The second-order valence-electron chi connectivity index (χ2n) is 3.83. The average molecular weight is 264 g/mol. The summed E-state index contributed by atoms with van der Waals surface area (Å²) in [5, 5.41) is 1.05. The van der Waals surface area contributed by atoms with E-state index >= 15 is 0 Å². The number of thioether (sulfide) groups is 1. The van der Waals surface area contributed by atoms with Crippen molar-refractivity contribution >= 4 is 29.1 Å². The van der Waals surface area contributed by atoms with E-state index in [1.54, 1.807) is 11.8 Å². The standard InChI is InChI=1S/C14H14ClNS/c1-10(11-6-3-2-4-7-11)17-14-12(15)8-5-9-13(14)16/h2-10H,16H2,1H3. The van der Waals surface area contributed by atoms with Gasteiger partial charge in [-0.3, -0.25) is 0 Å². The highest BCUT2D eigenvalue weighted by atomic mass is 35.5. The van der Waals surface area contributed by atoms with Crippen molar-refractivity contribution < 1.29 is 0 Å². The summed E-state index contributed by atoms with van der Waals surface area (Å²) >= 11 is 7.85. The number of nitrogen functional groups attached to an aromatic ring is 1. The lowest BCUT2D eigenvalue weighted by Crippen LogP contribution is -1.92. The fourth-order valence-corrected chi connectivity index (χ4v) is 2.97.